The van der Waals surface area contributed by atoms with Gasteiger partial charge in [0.25, 0.3) is 5.91 Å². The van der Waals surface area contributed by atoms with Crippen LogP contribution in [-0.2, 0) is 6.54 Å². The van der Waals surface area contributed by atoms with Gasteiger partial charge in [-0.05, 0) is 54.1 Å². The van der Waals surface area contributed by atoms with Gasteiger partial charge in [0, 0.05) is 13.1 Å². The second-order valence-electron chi connectivity index (χ2n) is 6.19. The molecule has 2 aromatic carbocycles. The third kappa shape index (κ3) is 6.21. The molecule has 3 rings (SSSR count). The highest BCUT2D eigenvalue weighted by Gasteiger charge is 2.07. The van der Waals surface area contributed by atoms with Crippen molar-refractivity contribution in [2.75, 3.05) is 25.6 Å². The van der Waals surface area contributed by atoms with Crippen LogP contribution in [-0.4, -0.2) is 31.2 Å². The van der Waals surface area contributed by atoms with E-state index in [-0.39, 0.29) is 11.7 Å². The molecule has 0 atom stereocenters. The summed E-state index contributed by atoms with van der Waals surface area (Å²) in [5.41, 5.74) is 1.92. The van der Waals surface area contributed by atoms with E-state index in [0.29, 0.717) is 25.4 Å². The average molecular weight is 395 g/mol. The normalized spacial score (nSPS) is 10.3. The van der Waals surface area contributed by atoms with Crippen molar-refractivity contribution in [1.82, 2.24) is 10.3 Å². The minimum absolute atomic E-state index is 0.288. The molecule has 2 N–H and O–H groups in total. The number of amides is 1. The highest BCUT2D eigenvalue weighted by Crippen LogP contribution is 2.16. The minimum atomic E-state index is -0.306. The Morgan fingerprint density at radius 1 is 1.00 bits per heavy atom. The quantitative estimate of drug-likeness (QED) is 0.541. The van der Waals surface area contributed by atoms with Crippen molar-refractivity contribution in [1.29, 1.82) is 0 Å². The topological polar surface area (TPSA) is 72.5 Å². The zero-order chi connectivity index (χ0) is 20.5. The number of halogens is 1. The molecule has 3 aromatic rings. The number of nitrogens with zero attached hydrogens (tertiary/aromatic N) is 1. The molecule has 0 fully saturated rings. The first kappa shape index (κ1) is 20.1. The molecule has 7 heteroatoms. The third-order valence-electron chi connectivity index (χ3n) is 4.12. The molecule has 1 amide bonds. The Bertz CT molecular complexity index is 914. The van der Waals surface area contributed by atoms with Crippen LogP contribution in [0, 0.1) is 5.82 Å². The van der Waals surface area contributed by atoms with Gasteiger partial charge in [0.2, 0.25) is 0 Å². The number of aromatic nitrogens is 1. The number of carbonyl (C=O) groups is 1. The maximum absolute atomic E-state index is 12.9. The number of nitrogens with one attached hydrogen (secondary N) is 2. The molecular weight excluding hydrogens is 373 g/mol. The summed E-state index contributed by atoms with van der Waals surface area (Å²) in [6, 6.07) is 16.8. The number of pyridine rings is 1. The first-order valence-corrected chi connectivity index (χ1v) is 9.13. The summed E-state index contributed by atoms with van der Waals surface area (Å²) < 4.78 is 23.6. The predicted octanol–water partition coefficient (Wildman–Crippen LogP) is 3.65. The van der Waals surface area contributed by atoms with Gasteiger partial charge in [-0.1, -0.05) is 12.1 Å². The van der Waals surface area contributed by atoms with Gasteiger partial charge in [0.05, 0.1) is 19.0 Å². The lowest BCUT2D eigenvalue weighted by Crippen LogP contribution is -2.23. The van der Waals surface area contributed by atoms with Gasteiger partial charge in [-0.2, -0.15) is 0 Å². The van der Waals surface area contributed by atoms with E-state index >= 15 is 0 Å². The summed E-state index contributed by atoms with van der Waals surface area (Å²) in [7, 11) is 1.62. The largest absolute Gasteiger partial charge is 0.497 e. The zero-order valence-corrected chi connectivity index (χ0v) is 16.0. The Morgan fingerprint density at radius 2 is 1.72 bits per heavy atom. The van der Waals surface area contributed by atoms with Crippen LogP contribution < -0.4 is 20.1 Å². The summed E-state index contributed by atoms with van der Waals surface area (Å²) in [5.74, 6) is 0.949. The van der Waals surface area contributed by atoms with Gasteiger partial charge in [-0.15, -0.1) is 0 Å². The van der Waals surface area contributed by atoms with E-state index < -0.39 is 0 Å². The number of methoxy groups -OCH3 is 1. The van der Waals surface area contributed by atoms with Gasteiger partial charge < -0.3 is 20.1 Å². The van der Waals surface area contributed by atoms with Crippen molar-refractivity contribution in [2.45, 2.75) is 6.54 Å². The van der Waals surface area contributed by atoms with Crippen LogP contribution in [0.2, 0.25) is 0 Å². The lowest BCUT2D eigenvalue weighted by molar-refractivity contribution is 0.0946. The van der Waals surface area contributed by atoms with E-state index in [4.69, 9.17) is 9.47 Å². The molecule has 150 valence electrons. The van der Waals surface area contributed by atoms with E-state index in [1.807, 2.05) is 24.3 Å². The molecule has 29 heavy (non-hydrogen) atoms. The Morgan fingerprint density at radius 3 is 2.38 bits per heavy atom. The molecule has 0 aliphatic rings. The molecule has 0 aliphatic heterocycles. The average Bonchev–Trinajstić information content (AvgIpc) is 2.77. The second-order valence-corrected chi connectivity index (χ2v) is 6.19. The number of hydrogen-bond acceptors (Lipinski definition) is 5. The van der Waals surface area contributed by atoms with E-state index in [9.17, 15) is 9.18 Å². The van der Waals surface area contributed by atoms with Gasteiger partial charge in [-0.25, -0.2) is 9.37 Å². The fourth-order valence-electron chi connectivity index (χ4n) is 2.54. The summed E-state index contributed by atoms with van der Waals surface area (Å²) >= 11 is 0. The van der Waals surface area contributed by atoms with Crippen molar-refractivity contribution in [3.05, 3.63) is 83.9 Å². The molecule has 0 spiro atoms. The van der Waals surface area contributed by atoms with Crippen LogP contribution in [0.4, 0.5) is 10.1 Å². The van der Waals surface area contributed by atoms with Gasteiger partial charge in [-0.3, -0.25) is 4.79 Å². The van der Waals surface area contributed by atoms with Crippen LogP contribution >= 0.6 is 0 Å². The second kappa shape index (κ2) is 10.1. The van der Waals surface area contributed by atoms with Gasteiger partial charge in [0.15, 0.2) is 0 Å². The van der Waals surface area contributed by atoms with Crippen LogP contribution in [0.25, 0.3) is 0 Å². The van der Waals surface area contributed by atoms with Crippen molar-refractivity contribution >= 4 is 11.6 Å². The van der Waals surface area contributed by atoms with E-state index in [0.717, 1.165) is 22.7 Å². The molecule has 1 aromatic heterocycles. The molecule has 0 unspecified atom stereocenters. The van der Waals surface area contributed by atoms with Crippen LogP contribution in [0.3, 0.4) is 0 Å². The lowest BCUT2D eigenvalue weighted by Gasteiger charge is -2.09. The summed E-state index contributed by atoms with van der Waals surface area (Å²) in [6.45, 7) is 1.37. The number of ether oxygens (including phenoxy) is 2. The van der Waals surface area contributed by atoms with Gasteiger partial charge >= 0.3 is 0 Å². The Hall–Kier alpha value is -3.61. The van der Waals surface area contributed by atoms with E-state index in [2.05, 4.69) is 15.6 Å². The molecule has 0 saturated heterocycles. The number of hydrogen-bond donors (Lipinski definition) is 2. The van der Waals surface area contributed by atoms with E-state index in [1.54, 1.807) is 37.6 Å². The molecule has 1 heterocycles. The number of rotatable bonds is 9. The number of benzene rings is 2. The summed E-state index contributed by atoms with van der Waals surface area (Å²) in [4.78, 5) is 16.3. The highest BCUT2D eigenvalue weighted by molar-refractivity contribution is 5.92. The SMILES string of the molecule is COc1ccc(OCCNc2ccc(C(=O)NCc3ccc(F)cc3)nc2)cc1. The third-order valence-corrected chi connectivity index (χ3v) is 4.12. The zero-order valence-electron chi connectivity index (χ0n) is 16.0. The maximum Gasteiger partial charge on any atom is 0.270 e. The molecule has 6 nitrogen and oxygen atoms in total. The highest BCUT2D eigenvalue weighted by atomic mass is 19.1. The smallest absolute Gasteiger partial charge is 0.270 e. The fraction of sp³-hybridized carbons (Fsp3) is 0.182. The molecular formula is C22H22FN3O3. The Kier molecular flexibility index (Phi) is 7.00. The van der Waals surface area contributed by atoms with Crippen molar-refractivity contribution < 1.29 is 18.7 Å². The monoisotopic (exact) mass is 395 g/mol. The number of carbonyl (C=O) groups excluding carboxylic acids is 1. The first-order chi connectivity index (χ1) is 14.1. The van der Waals surface area contributed by atoms with Crippen LogP contribution in [0.5, 0.6) is 11.5 Å². The summed E-state index contributed by atoms with van der Waals surface area (Å²) in [6.07, 6.45) is 1.60. The van der Waals surface area contributed by atoms with E-state index in [1.165, 1.54) is 12.1 Å². The van der Waals surface area contributed by atoms with Crippen molar-refractivity contribution in [3.63, 3.8) is 0 Å². The minimum Gasteiger partial charge on any atom is -0.497 e. The Labute approximate surface area is 168 Å². The Balaban J connectivity index is 1.40. The molecule has 0 bridgehead atoms. The maximum atomic E-state index is 12.9. The molecule has 0 radical (unpaired) electrons. The summed E-state index contributed by atoms with van der Waals surface area (Å²) in [5, 5.41) is 5.95. The first-order valence-electron chi connectivity index (χ1n) is 9.13. The van der Waals surface area contributed by atoms with Crippen molar-refractivity contribution in [2.24, 2.45) is 0 Å². The standard InChI is InChI=1S/C22H22FN3O3/c1-28-19-7-9-20(10-8-19)29-13-12-24-18-6-11-21(25-15-18)22(27)26-14-16-2-4-17(23)5-3-16/h2-11,15,24H,12-14H2,1H3,(H,26,27). The molecule has 0 aliphatic carbocycles. The lowest BCUT2D eigenvalue weighted by atomic mass is 10.2. The van der Waals surface area contributed by atoms with Crippen LogP contribution in [0.15, 0.2) is 66.9 Å². The molecule has 0 saturated carbocycles. The van der Waals surface area contributed by atoms with Crippen molar-refractivity contribution in [3.8, 4) is 11.5 Å². The predicted molar refractivity (Wildman–Crippen MR) is 109 cm³/mol. The van der Waals surface area contributed by atoms with Crippen LogP contribution in [0.1, 0.15) is 16.1 Å². The fourth-order valence-corrected chi connectivity index (χ4v) is 2.54. The number of anilines is 1. The van der Waals surface area contributed by atoms with Gasteiger partial charge in [0.1, 0.15) is 29.6 Å².